The Balaban J connectivity index is 1.78. The zero-order chi connectivity index (χ0) is 24.8. The number of hydrogen-bond donors (Lipinski definition) is 1. The molecular formula is C19H13F6NO5S. The molecule has 0 saturated heterocycles. The van der Waals surface area contributed by atoms with Gasteiger partial charge in [-0.05, 0) is 29.8 Å². The van der Waals surface area contributed by atoms with Crippen LogP contribution in [0.15, 0.2) is 60.2 Å². The smallest absolute Gasteiger partial charge is 0.416 e. The van der Waals surface area contributed by atoms with E-state index >= 15 is 0 Å². The minimum atomic E-state index is -4.67. The average molecular weight is 482 g/mol. The molecule has 172 valence electrons. The van der Waals surface area contributed by atoms with E-state index in [9.17, 15) is 39.6 Å². The lowest BCUT2D eigenvalue weighted by Crippen LogP contribution is -2.16. The van der Waals surface area contributed by atoms with E-state index in [0.717, 1.165) is 24.3 Å². The topological polar surface area (TPSA) is 95.7 Å². The molecule has 2 N–H and O–H groups in total. The van der Waals surface area contributed by atoms with Crippen molar-refractivity contribution in [3.8, 4) is 0 Å². The SMILES string of the molecule is [2H][C@]1(c2ccc(C(F)(F)F)cc2)OC(N)=C(OS(=O)(=O)Cc2ccc(C(F)(F)F)cc2)C1=O. The summed E-state index contributed by atoms with van der Waals surface area (Å²) in [5.41, 5.74) is 2.93. The molecule has 1 aliphatic heterocycles. The van der Waals surface area contributed by atoms with E-state index in [-0.39, 0.29) is 11.1 Å². The van der Waals surface area contributed by atoms with Gasteiger partial charge in [-0.1, -0.05) is 24.3 Å². The molecule has 6 nitrogen and oxygen atoms in total. The van der Waals surface area contributed by atoms with E-state index in [2.05, 4.69) is 4.18 Å². The Labute approximate surface area is 178 Å². The molecule has 0 radical (unpaired) electrons. The van der Waals surface area contributed by atoms with E-state index in [0.29, 0.717) is 24.3 Å². The summed E-state index contributed by atoms with van der Waals surface area (Å²) in [5.74, 6) is -4.31. The van der Waals surface area contributed by atoms with Crippen LogP contribution < -0.4 is 5.73 Å². The lowest BCUT2D eigenvalue weighted by Gasteiger charge is -2.12. The quantitative estimate of drug-likeness (QED) is 0.511. The van der Waals surface area contributed by atoms with Crippen molar-refractivity contribution in [3.63, 3.8) is 0 Å². The molecule has 0 amide bonds. The second-order valence-electron chi connectivity index (χ2n) is 6.51. The van der Waals surface area contributed by atoms with Gasteiger partial charge in [-0.15, -0.1) is 0 Å². The molecule has 0 aliphatic carbocycles. The monoisotopic (exact) mass is 482 g/mol. The number of benzene rings is 2. The van der Waals surface area contributed by atoms with Crippen molar-refractivity contribution >= 4 is 15.9 Å². The van der Waals surface area contributed by atoms with Crippen LogP contribution in [-0.4, -0.2) is 14.2 Å². The Bertz CT molecular complexity index is 1210. The maximum atomic E-state index is 12.7. The third-order valence-corrected chi connectivity index (χ3v) is 5.27. The van der Waals surface area contributed by atoms with Crippen molar-refractivity contribution in [2.45, 2.75) is 24.2 Å². The van der Waals surface area contributed by atoms with Gasteiger partial charge in [0.05, 0.1) is 12.5 Å². The molecule has 1 heterocycles. The summed E-state index contributed by atoms with van der Waals surface area (Å²) in [6.45, 7) is 0. The Kier molecular flexibility index (Phi) is 5.53. The van der Waals surface area contributed by atoms with Gasteiger partial charge in [-0.25, -0.2) is 0 Å². The van der Waals surface area contributed by atoms with Gasteiger partial charge in [0.2, 0.25) is 17.4 Å². The largest absolute Gasteiger partial charge is 0.460 e. The Hall–Kier alpha value is -3.22. The third kappa shape index (κ3) is 5.15. The summed E-state index contributed by atoms with van der Waals surface area (Å²) in [5, 5.41) is 0. The molecule has 0 unspecified atom stereocenters. The number of Topliss-reactive ketones (excluding diaryl/α,β-unsaturated/α-hetero) is 1. The summed E-state index contributed by atoms with van der Waals surface area (Å²) < 4.78 is 118. The summed E-state index contributed by atoms with van der Waals surface area (Å²) in [6, 6.07) is 5.87. The number of hydrogen-bond acceptors (Lipinski definition) is 6. The summed E-state index contributed by atoms with van der Waals surface area (Å²) >= 11 is 0. The van der Waals surface area contributed by atoms with Crippen molar-refractivity contribution < 1.29 is 49.8 Å². The van der Waals surface area contributed by atoms with Gasteiger partial charge in [0.15, 0.2) is 6.08 Å². The van der Waals surface area contributed by atoms with Gasteiger partial charge >= 0.3 is 22.5 Å². The standard InChI is InChI=1S/C19H13F6NO5S/c20-18(21,22)12-5-1-10(2-6-12)9-32(28,29)31-16-14(27)15(30-17(16)26)11-3-7-13(8-4-11)19(23,24)25/h1-8,15H,9,26H2/t15-/m1/s1/i15D. The predicted octanol–water partition coefficient (Wildman–Crippen LogP) is 4.04. The van der Waals surface area contributed by atoms with E-state index in [1.807, 2.05) is 0 Å². The van der Waals surface area contributed by atoms with E-state index in [1.54, 1.807) is 0 Å². The minimum absolute atomic E-state index is 0.103. The minimum Gasteiger partial charge on any atom is -0.460 e. The predicted molar refractivity (Wildman–Crippen MR) is 96.6 cm³/mol. The van der Waals surface area contributed by atoms with Crippen molar-refractivity contribution in [1.29, 1.82) is 0 Å². The summed E-state index contributed by atoms with van der Waals surface area (Å²) in [7, 11) is -4.64. The number of halogens is 6. The van der Waals surface area contributed by atoms with E-state index in [4.69, 9.17) is 11.8 Å². The molecule has 0 saturated carbocycles. The Morgan fingerprint density at radius 1 is 0.938 bits per heavy atom. The first kappa shape index (κ1) is 22.0. The van der Waals surface area contributed by atoms with Gasteiger partial charge in [-0.2, -0.15) is 34.8 Å². The van der Waals surface area contributed by atoms with Crippen molar-refractivity contribution in [3.05, 3.63) is 82.4 Å². The summed E-state index contributed by atoms with van der Waals surface area (Å²) in [4.78, 5) is 12.6. The number of rotatable bonds is 5. The van der Waals surface area contributed by atoms with Crippen LogP contribution in [0.1, 0.15) is 29.7 Å². The molecule has 13 heteroatoms. The highest BCUT2D eigenvalue weighted by Crippen LogP contribution is 2.35. The Morgan fingerprint density at radius 3 is 1.88 bits per heavy atom. The summed E-state index contributed by atoms with van der Waals surface area (Å²) in [6.07, 6.45) is -12.0. The van der Waals surface area contributed by atoms with Crippen molar-refractivity contribution in [2.24, 2.45) is 5.73 Å². The van der Waals surface area contributed by atoms with Crippen LogP contribution >= 0.6 is 0 Å². The van der Waals surface area contributed by atoms with Crippen molar-refractivity contribution in [1.82, 2.24) is 0 Å². The molecule has 0 fully saturated rings. The lowest BCUT2D eigenvalue weighted by atomic mass is 10.0. The fourth-order valence-corrected chi connectivity index (χ4v) is 3.72. The van der Waals surface area contributed by atoms with Crippen LogP contribution in [0.3, 0.4) is 0 Å². The molecular weight excluding hydrogens is 468 g/mol. The molecule has 2 aromatic carbocycles. The second kappa shape index (κ2) is 8.04. The number of ether oxygens (including phenoxy) is 1. The Morgan fingerprint density at radius 2 is 1.41 bits per heavy atom. The number of carbonyl (C=O) groups excluding carboxylic acids is 1. The van der Waals surface area contributed by atoms with Crippen LogP contribution in [0.2, 0.25) is 0 Å². The second-order valence-corrected chi connectivity index (χ2v) is 8.08. The van der Waals surface area contributed by atoms with Crippen LogP contribution in [0.25, 0.3) is 0 Å². The molecule has 0 spiro atoms. The van der Waals surface area contributed by atoms with Crippen molar-refractivity contribution in [2.75, 3.05) is 0 Å². The number of ketones is 1. The molecule has 1 atom stereocenters. The zero-order valence-corrected chi connectivity index (χ0v) is 16.4. The fourth-order valence-electron chi connectivity index (χ4n) is 2.65. The third-order valence-electron chi connectivity index (χ3n) is 4.16. The molecule has 2 aromatic rings. The van der Waals surface area contributed by atoms with E-state index < -0.39 is 62.9 Å². The van der Waals surface area contributed by atoms with Crippen LogP contribution in [0, 0.1) is 0 Å². The molecule has 0 bridgehead atoms. The highest BCUT2D eigenvalue weighted by molar-refractivity contribution is 7.86. The molecule has 1 aliphatic rings. The van der Waals surface area contributed by atoms with Crippen LogP contribution in [0.5, 0.6) is 0 Å². The van der Waals surface area contributed by atoms with E-state index in [1.165, 1.54) is 0 Å². The first-order valence-corrected chi connectivity index (χ1v) is 10.1. The first-order valence-electron chi connectivity index (χ1n) is 9.02. The van der Waals surface area contributed by atoms with Crippen LogP contribution in [0.4, 0.5) is 26.3 Å². The normalized spacial score (nSPS) is 20.2. The lowest BCUT2D eigenvalue weighted by molar-refractivity contribution is -0.138. The van der Waals surface area contributed by atoms with Gasteiger partial charge in [0.25, 0.3) is 0 Å². The number of carbonyl (C=O) groups is 1. The maximum Gasteiger partial charge on any atom is 0.416 e. The van der Waals surface area contributed by atoms with Gasteiger partial charge < -0.3 is 14.7 Å². The van der Waals surface area contributed by atoms with Crippen LogP contribution in [-0.2, 0) is 41.9 Å². The molecule has 3 rings (SSSR count). The highest BCUT2D eigenvalue weighted by atomic mass is 32.2. The zero-order valence-electron chi connectivity index (χ0n) is 16.6. The first-order chi connectivity index (χ1) is 15.0. The average Bonchev–Trinajstić information content (AvgIpc) is 2.90. The fraction of sp³-hybridized carbons (Fsp3) is 0.211. The van der Waals surface area contributed by atoms with Gasteiger partial charge in [-0.3, -0.25) is 4.79 Å². The molecule has 32 heavy (non-hydrogen) atoms. The molecule has 0 aromatic heterocycles. The maximum absolute atomic E-state index is 12.7. The highest BCUT2D eigenvalue weighted by Gasteiger charge is 2.40. The number of nitrogens with two attached hydrogens (primary N) is 1. The van der Waals surface area contributed by atoms with Gasteiger partial charge in [0.1, 0.15) is 5.75 Å². The number of alkyl halides is 6. The van der Waals surface area contributed by atoms with Gasteiger partial charge in [0, 0.05) is 5.56 Å².